The Hall–Kier alpha value is -0.670. The molecule has 0 heterocycles. The summed E-state index contributed by atoms with van der Waals surface area (Å²) in [4.78, 5) is 50.4. The van der Waals surface area contributed by atoms with Crippen LogP contribution in [0, 0.1) is 0 Å². The van der Waals surface area contributed by atoms with Gasteiger partial charge in [0.15, 0.2) is 0 Å². The van der Waals surface area contributed by atoms with Gasteiger partial charge in [-0.05, 0) is 49.8 Å². The van der Waals surface area contributed by atoms with E-state index in [1.165, 1.54) is 0 Å². The van der Waals surface area contributed by atoms with Crippen molar-refractivity contribution in [3.05, 3.63) is 29.8 Å². The first kappa shape index (κ1) is 30.4. The van der Waals surface area contributed by atoms with Gasteiger partial charge in [0.1, 0.15) is 0 Å². The fourth-order valence-electron chi connectivity index (χ4n) is 3.16. The largest absolute Gasteiger partial charge is 0.369 e. The van der Waals surface area contributed by atoms with Crippen LogP contribution < -0.4 is 10.2 Å². The van der Waals surface area contributed by atoms with Crippen LogP contribution in [-0.2, 0) is 20.3 Å². The van der Waals surface area contributed by atoms with Gasteiger partial charge in [0.05, 0.1) is 0 Å². The van der Waals surface area contributed by atoms with Crippen LogP contribution >= 0.6 is 38.4 Å². The lowest BCUT2D eigenvalue weighted by molar-refractivity contribution is -0.121. The van der Waals surface area contributed by atoms with Crippen molar-refractivity contribution in [2.75, 3.05) is 36.3 Å². The summed E-state index contributed by atoms with van der Waals surface area (Å²) in [6.07, 6.45) is 0.910. The second-order valence-electron chi connectivity index (χ2n) is 7.55. The Balaban J connectivity index is 2.35. The molecule has 0 aliphatic rings. The molecule has 0 aliphatic heterocycles. The number of carbonyl (C=O) groups is 1. The average Bonchev–Trinajstić information content (AvgIpc) is 2.72. The van der Waals surface area contributed by atoms with Gasteiger partial charge in [0.2, 0.25) is 5.91 Å². The van der Waals surface area contributed by atoms with Crippen LogP contribution in [-0.4, -0.2) is 67.1 Å². The maximum Gasteiger partial charge on any atom is 0.369 e. The molecule has 1 aromatic carbocycles. The quantitative estimate of drug-likeness (QED) is 0.103. The minimum absolute atomic E-state index is 0.0934. The van der Waals surface area contributed by atoms with Crippen molar-refractivity contribution in [2.24, 2.45) is 0 Å². The first-order valence-corrected chi connectivity index (χ1v) is 14.7. The average molecular weight is 549 g/mol. The molecule has 1 amide bonds. The Bertz CT molecular complexity index is 804. The molecule has 6 N–H and O–H groups in total. The molecule has 1 aromatic rings. The van der Waals surface area contributed by atoms with Crippen molar-refractivity contribution in [3.63, 3.8) is 0 Å². The van der Waals surface area contributed by atoms with Crippen molar-refractivity contribution >= 4 is 50.0 Å². The summed E-state index contributed by atoms with van der Waals surface area (Å²) < 4.78 is 22.6. The van der Waals surface area contributed by atoms with Gasteiger partial charge in [-0.1, -0.05) is 12.1 Å². The number of anilines is 1. The van der Waals surface area contributed by atoms with Gasteiger partial charge in [-0.3, -0.25) is 13.9 Å². The van der Waals surface area contributed by atoms with E-state index < -0.39 is 26.7 Å². The molecule has 0 aliphatic carbocycles. The smallest absolute Gasteiger partial charge is 0.369 e. The summed E-state index contributed by atoms with van der Waals surface area (Å²) in [7, 11) is -10.9. The zero-order chi connectivity index (χ0) is 25.1. The van der Waals surface area contributed by atoms with E-state index in [-0.39, 0.29) is 31.7 Å². The van der Waals surface area contributed by atoms with Crippen molar-refractivity contribution in [1.82, 2.24) is 5.32 Å². The molecule has 0 spiro atoms. The van der Waals surface area contributed by atoms with E-state index in [1.54, 1.807) is 0 Å². The third-order valence-corrected chi connectivity index (χ3v) is 9.29. The summed E-state index contributed by atoms with van der Waals surface area (Å²) in [5.74, 6) is 0.798. The number of aryl methyl sites for hydroxylation is 1. The lowest BCUT2D eigenvalue weighted by atomic mass is 10.1. The van der Waals surface area contributed by atoms with Crippen molar-refractivity contribution in [1.29, 1.82) is 0 Å². The minimum Gasteiger partial charge on any atom is -0.369 e. The molecule has 14 heteroatoms. The Labute approximate surface area is 203 Å². The summed E-state index contributed by atoms with van der Waals surface area (Å²) in [6.45, 7) is 1.56. The molecule has 190 valence electrons. The maximum atomic E-state index is 12.0. The molecule has 0 bridgehead atoms. The molecule has 0 saturated heterocycles. The highest BCUT2D eigenvalue weighted by atomic mass is 35.5. The number of halogens is 2. The van der Waals surface area contributed by atoms with E-state index in [1.807, 2.05) is 24.3 Å². The van der Waals surface area contributed by atoms with Crippen LogP contribution in [0.4, 0.5) is 5.69 Å². The van der Waals surface area contributed by atoms with Crippen molar-refractivity contribution in [2.45, 2.75) is 43.6 Å². The highest BCUT2D eigenvalue weighted by Gasteiger charge is 2.58. The highest BCUT2D eigenvalue weighted by Crippen LogP contribution is 2.69. The van der Waals surface area contributed by atoms with E-state index >= 15 is 0 Å². The number of hydrogen-bond donors (Lipinski definition) is 6. The minimum atomic E-state index is -5.45. The number of amides is 1. The van der Waals surface area contributed by atoms with Gasteiger partial charge in [-0.2, -0.15) is 0 Å². The third-order valence-electron chi connectivity index (χ3n) is 5.07. The normalized spacial score (nSPS) is 12.6. The number of rotatable bonds is 16. The summed E-state index contributed by atoms with van der Waals surface area (Å²) in [6, 6.07) is 7.97. The van der Waals surface area contributed by atoms with Gasteiger partial charge in [-0.25, -0.2) is 0 Å². The van der Waals surface area contributed by atoms with Crippen LogP contribution in [0.1, 0.15) is 37.7 Å². The molecule has 1 rings (SSSR count). The van der Waals surface area contributed by atoms with Crippen LogP contribution in [0.2, 0.25) is 0 Å². The summed E-state index contributed by atoms with van der Waals surface area (Å²) in [5, 5.41) is 9.02. The number of benzene rings is 1. The molecule has 0 atom stereocenters. The molecule has 10 nitrogen and oxygen atoms in total. The second-order valence-corrected chi connectivity index (χ2v) is 12.3. The van der Waals surface area contributed by atoms with Crippen LogP contribution in [0.15, 0.2) is 24.3 Å². The fraction of sp³-hybridized carbons (Fsp3) is 0.632. The van der Waals surface area contributed by atoms with E-state index in [9.17, 15) is 19.0 Å². The SMILES string of the molecule is O=C(CCCc1ccc(N(CCCl)CCCl)cc1)NCCCCC(O)(P(=O)(O)O)P(=O)(O)O. The molecular weight excluding hydrogens is 517 g/mol. The fourth-order valence-corrected chi connectivity index (χ4v) is 5.83. The topological polar surface area (TPSA) is 168 Å². The Morgan fingerprint density at radius 2 is 1.48 bits per heavy atom. The second kappa shape index (κ2) is 14.0. The van der Waals surface area contributed by atoms with E-state index in [2.05, 4.69) is 10.2 Å². The number of unbranched alkanes of at least 4 members (excludes halogenated alkanes) is 1. The number of nitrogens with zero attached hydrogens (tertiary/aromatic N) is 1. The number of hydrogen-bond acceptors (Lipinski definition) is 5. The zero-order valence-corrected chi connectivity index (χ0v) is 21.4. The lowest BCUT2D eigenvalue weighted by Crippen LogP contribution is -2.29. The molecule has 33 heavy (non-hydrogen) atoms. The first-order valence-electron chi connectivity index (χ1n) is 10.4. The number of carbonyl (C=O) groups excluding carboxylic acids is 1. The molecule has 0 radical (unpaired) electrons. The van der Waals surface area contributed by atoms with Crippen LogP contribution in [0.5, 0.6) is 0 Å². The van der Waals surface area contributed by atoms with Crippen LogP contribution in [0.3, 0.4) is 0 Å². The van der Waals surface area contributed by atoms with Gasteiger partial charge >= 0.3 is 15.2 Å². The van der Waals surface area contributed by atoms with Gasteiger partial charge in [0.25, 0.3) is 5.08 Å². The molecular formula is C19H32Cl2N2O8P2. The molecule has 0 saturated carbocycles. The van der Waals surface area contributed by atoms with Crippen molar-refractivity contribution < 1.29 is 38.6 Å². The molecule has 0 fully saturated rings. The first-order chi connectivity index (χ1) is 15.4. The van der Waals surface area contributed by atoms with E-state index in [0.717, 1.165) is 11.3 Å². The third kappa shape index (κ3) is 9.84. The molecule has 0 aromatic heterocycles. The Morgan fingerprint density at radius 3 is 1.97 bits per heavy atom. The van der Waals surface area contributed by atoms with Gasteiger partial charge < -0.3 is 34.9 Å². The van der Waals surface area contributed by atoms with E-state index in [0.29, 0.717) is 37.7 Å². The van der Waals surface area contributed by atoms with Crippen LogP contribution in [0.25, 0.3) is 0 Å². The van der Waals surface area contributed by atoms with E-state index in [4.69, 9.17) is 42.8 Å². The van der Waals surface area contributed by atoms with Crippen molar-refractivity contribution in [3.8, 4) is 0 Å². The number of nitrogens with one attached hydrogen (secondary N) is 1. The predicted molar refractivity (Wildman–Crippen MR) is 129 cm³/mol. The molecule has 0 unspecified atom stereocenters. The predicted octanol–water partition coefficient (Wildman–Crippen LogP) is 2.58. The standard InChI is InChI=1S/C19H32Cl2N2O8P2/c20-11-14-23(15-12-21)17-8-6-16(7-9-17)4-3-5-18(24)22-13-2-1-10-19(25,32(26,27)28)33(29,30)31/h6-9,25H,1-5,10-15H2,(H,22,24)(H2,26,27,28)(H2,29,30,31). The summed E-state index contributed by atoms with van der Waals surface area (Å²) in [5.41, 5.74) is 2.11. The highest BCUT2D eigenvalue weighted by molar-refractivity contribution is 7.72. The zero-order valence-electron chi connectivity index (χ0n) is 18.1. The summed E-state index contributed by atoms with van der Waals surface area (Å²) >= 11 is 11.6. The Kier molecular flexibility index (Phi) is 12.9. The monoisotopic (exact) mass is 548 g/mol. The van der Waals surface area contributed by atoms with Gasteiger partial charge in [0, 0.05) is 43.5 Å². The van der Waals surface area contributed by atoms with Gasteiger partial charge in [-0.15, -0.1) is 23.2 Å². The number of alkyl halides is 2. The maximum absolute atomic E-state index is 12.0. The lowest BCUT2D eigenvalue weighted by Gasteiger charge is -2.29. The number of aliphatic hydroxyl groups is 1. The Morgan fingerprint density at radius 1 is 0.939 bits per heavy atom.